The number of amides is 1. The molecule has 0 spiro atoms. The van der Waals surface area contributed by atoms with Gasteiger partial charge in [0.1, 0.15) is 0 Å². The molecular weight excluding hydrogens is 348 g/mol. The number of carbonyl (C=O) groups is 1. The second kappa shape index (κ2) is 6.14. The predicted molar refractivity (Wildman–Crippen MR) is 103 cm³/mol. The van der Waals surface area contributed by atoms with Crippen LogP contribution in [0.25, 0.3) is 10.8 Å². The van der Waals surface area contributed by atoms with Gasteiger partial charge in [-0.15, -0.1) is 0 Å². The summed E-state index contributed by atoms with van der Waals surface area (Å²) >= 11 is 0. The molecule has 0 atom stereocenters. The summed E-state index contributed by atoms with van der Waals surface area (Å²) in [7, 11) is -3.75. The highest BCUT2D eigenvalue weighted by Crippen LogP contribution is 2.32. The third-order valence-electron chi connectivity index (χ3n) is 4.65. The molecule has 26 heavy (non-hydrogen) atoms. The Morgan fingerprint density at radius 2 is 1.81 bits per heavy atom. The van der Waals surface area contributed by atoms with E-state index in [1.165, 1.54) is 6.92 Å². The lowest BCUT2D eigenvalue weighted by Crippen LogP contribution is -2.25. The van der Waals surface area contributed by atoms with Crippen LogP contribution in [0.2, 0.25) is 0 Å². The van der Waals surface area contributed by atoms with Crippen LogP contribution in [0.4, 0.5) is 11.4 Å². The molecule has 1 N–H and O–H groups in total. The Balaban J connectivity index is 1.73. The molecule has 0 aromatic heterocycles. The maximum absolute atomic E-state index is 12.9. The Labute approximate surface area is 152 Å². The van der Waals surface area contributed by atoms with Crippen molar-refractivity contribution in [3.8, 4) is 0 Å². The van der Waals surface area contributed by atoms with Crippen LogP contribution < -0.4 is 9.62 Å². The zero-order chi connectivity index (χ0) is 18.3. The molecule has 0 aliphatic carbocycles. The lowest BCUT2D eigenvalue weighted by Gasteiger charge is -2.16. The van der Waals surface area contributed by atoms with E-state index in [1.807, 2.05) is 30.3 Å². The fourth-order valence-electron chi connectivity index (χ4n) is 3.41. The highest BCUT2D eigenvalue weighted by atomic mass is 32.2. The number of hydrogen-bond acceptors (Lipinski definition) is 3. The van der Waals surface area contributed by atoms with Gasteiger partial charge in [0, 0.05) is 24.5 Å². The fraction of sp³-hybridized carbons (Fsp3) is 0.150. The summed E-state index contributed by atoms with van der Waals surface area (Å²) < 4.78 is 28.5. The Morgan fingerprint density at radius 1 is 1.04 bits per heavy atom. The van der Waals surface area contributed by atoms with Crippen LogP contribution in [0.15, 0.2) is 65.6 Å². The van der Waals surface area contributed by atoms with Crippen molar-refractivity contribution in [3.63, 3.8) is 0 Å². The Morgan fingerprint density at radius 3 is 2.62 bits per heavy atom. The summed E-state index contributed by atoms with van der Waals surface area (Å²) in [5.41, 5.74) is 2.27. The standard InChI is InChI=1S/C20H18N2O3S/c1-14(23)22-12-11-16-9-10-17(13-19(16)22)21-26(24,25)20-8-4-6-15-5-2-3-7-18(15)20/h2-10,13,21H,11-12H2,1H3. The molecule has 5 nitrogen and oxygen atoms in total. The van der Waals surface area contributed by atoms with Crippen molar-refractivity contribution >= 4 is 38.1 Å². The zero-order valence-electron chi connectivity index (χ0n) is 14.3. The number of nitrogens with zero attached hydrogens (tertiary/aromatic N) is 1. The van der Waals surface area contributed by atoms with E-state index in [1.54, 1.807) is 35.2 Å². The minimum atomic E-state index is -3.75. The van der Waals surface area contributed by atoms with Gasteiger partial charge >= 0.3 is 0 Å². The van der Waals surface area contributed by atoms with Gasteiger partial charge in [0.2, 0.25) is 5.91 Å². The third-order valence-corrected chi connectivity index (χ3v) is 6.09. The van der Waals surface area contributed by atoms with Crippen LogP contribution in [0.1, 0.15) is 12.5 Å². The first-order valence-electron chi connectivity index (χ1n) is 8.37. The van der Waals surface area contributed by atoms with Crippen LogP contribution in [-0.4, -0.2) is 20.9 Å². The normalized spacial score (nSPS) is 13.7. The van der Waals surface area contributed by atoms with Crippen molar-refractivity contribution < 1.29 is 13.2 Å². The van der Waals surface area contributed by atoms with Crippen LogP contribution in [0, 0.1) is 0 Å². The van der Waals surface area contributed by atoms with Gasteiger partial charge in [-0.2, -0.15) is 0 Å². The molecular formula is C20H18N2O3S. The average molecular weight is 366 g/mol. The van der Waals surface area contributed by atoms with Gasteiger partial charge in [0.25, 0.3) is 10.0 Å². The number of rotatable bonds is 3. The summed E-state index contributed by atoms with van der Waals surface area (Å²) in [6.07, 6.45) is 0.783. The topological polar surface area (TPSA) is 66.5 Å². The number of nitrogens with one attached hydrogen (secondary N) is 1. The van der Waals surface area contributed by atoms with E-state index in [4.69, 9.17) is 0 Å². The minimum absolute atomic E-state index is 0.0437. The highest BCUT2D eigenvalue weighted by Gasteiger charge is 2.24. The van der Waals surface area contributed by atoms with Crippen LogP contribution in [-0.2, 0) is 21.2 Å². The highest BCUT2D eigenvalue weighted by molar-refractivity contribution is 7.93. The number of hydrogen-bond donors (Lipinski definition) is 1. The fourth-order valence-corrected chi connectivity index (χ4v) is 4.69. The lowest BCUT2D eigenvalue weighted by atomic mass is 10.1. The minimum Gasteiger partial charge on any atom is -0.312 e. The second-order valence-electron chi connectivity index (χ2n) is 6.35. The molecule has 0 saturated carbocycles. The molecule has 132 valence electrons. The van der Waals surface area contributed by atoms with E-state index in [0.717, 1.165) is 23.1 Å². The molecule has 1 amide bonds. The van der Waals surface area contributed by atoms with E-state index in [9.17, 15) is 13.2 Å². The Kier molecular flexibility index (Phi) is 3.92. The summed E-state index contributed by atoms with van der Waals surface area (Å²) in [4.78, 5) is 13.7. The molecule has 6 heteroatoms. The largest absolute Gasteiger partial charge is 0.312 e. The van der Waals surface area contributed by atoms with Gasteiger partial charge in [-0.05, 0) is 35.6 Å². The van der Waals surface area contributed by atoms with Crippen molar-refractivity contribution in [2.75, 3.05) is 16.2 Å². The number of fused-ring (bicyclic) bond motifs is 2. The molecule has 4 rings (SSSR count). The van der Waals surface area contributed by atoms with E-state index < -0.39 is 10.0 Å². The van der Waals surface area contributed by atoms with E-state index in [0.29, 0.717) is 17.6 Å². The van der Waals surface area contributed by atoms with Gasteiger partial charge in [-0.25, -0.2) is 8.42 Å². The van der Waals surface area contributed by atoms with Crippen molar-refractivity contribution in [2.24, 2.45) is 0 Å². The summed E-state index contributed by atoms with van der Waals surface area (Å²) in [5, 5.41) is 1.54. The van der Waals surface area contributed by atoms with E-state index >= 15 is 0 Å². The Bertz CT molecular complexity index is 1120. The zero-order valence-corrected chi connectivity index (χ0v) is 15.1. The molecule has 3 aromatic rings. The number of benzene rings is 3. The molecule has 1 heterocycles. The first-order valence-corrected chi connectivity index (χ1v) is 9.86. The SMILES string of the molecule is CC(=O)N1CCc2ccc(NS(=O)(=O)c3cccc4ccccc34)cc21. The second-order valence-corrected chi connectivity index (χ2v) is 8.00. The number of sulfonamides is 1. The monoisotopic (exact) mass is 366 g/mol. The van der Waals surface area contributed by atoms with Crippen molar-refractivity contribution in [1.82, 2.24) is 0 Å². The first-order chi connectivity index (χ1) is 12.5. The molecule has 0 bridgehead atoms. The first kappa shape index (κ1) is 16.6. The van der Waals surface area contributed by atoms with E-state index in [-0.39, 0.29) is 10.8 Å². The summed E-state index contributed by atoms with van der Waals surface area (Å²) in [6.45, 7) is 2.15. The molecule has 1 aliphatic rings. The van der Waals surface area contributed by atoms with Crippen molar-refractivity contribution in [2.45, 2.75) is 18.2 Å². The quantitative estimate of drug-likeness (QED) is 0.771. The molecule has 3 aromatic carbocycles. The van der Waals surface area contributed by atoms with Gasteiger partial charge in [0.05, 0.1) is 10.6 Å². The Hall–Kier alpha value is -2.86. The maximum atomic E-state index is 12.9. The predicted octanol–water partition coefficient (Wildman–Crippen LogP) is 3.55. The molecule has 0 saturated heterocycles. The van der Waals surface area contributed by atoms with Crippen molar-refractivity contribution in [3.05, 3.63) is 66.2 Å². The van der Waals surface area contributed by atoms with Crippen molar-refractivity contribution in [1.29, 1.82) is 0 Å². The molecule has 0 radical (unpaired) electrons. The van der Waals surface area contributed by atoms with E-state index in [2.05, 4.69) is 4.72 Å². The maximum Gasteiger partial charge on any atom is 0.262 e. The van der Waals surface area contributed by atoms with Gasteiger partial charge in [-0.1, -0.05) is 42.5 Å². The molecule has 1 aliphatic heterocycles. The lowest BCUT2D eigenvalue weighted by molar-refractivity contribution is -0.116. The van der Waals surface area contributed by atoms with Gasteiger partial charge < -0.3 is 4.90 Å². The third kappa shape index (κ3) is 2.82. The number of anilines is 2. The van der Waals surface area contributed by atoms with Gasteiger partial charge in [-0.3, -0.25) is 9.52 Å². The molecule has 0 unspecified atom stereocenters. The van der Waals surface area contributed by atoms with Crippen LogP contribution >= 0.6 is 0 Å². The van der Waals surface area contributed by atoms with Crippen LogP contribution in [0.3, 0.4) is 0 Å². The average Bonchev–Trinajstić information content (AvgIpc) is 3.04. The molecule has 0 fully saturated rings. The summed E-state index contributed by atoms with van der Waals surface area (Å²) in [5.74, 6) is -0.0437. The number of carbonyl (C=O) groups excluding carboxylic acids is 1. The van der Waals surface area contributed by atoms with Crippen LogP contribution in [0.5, 0.6) is 0 Å². The summed E-state index contributed by atoms with van der Waals surface area (Å²) in [6, 6.07) is 17.9. The van der Waals surface area contributed by atoms with Gasteiger partial charge in [0.15, 0.2) is 0 Å². The smallest absolute Gasteiger partial charge is 0.262 e.